The third kappa shape index (κ3) is 7.31. The molecule has 0 aromatic carbocycles. The summed E-state index contributed by atoms with van der Waals surface area (Å²) in [5.41, 5.74) is 7.87. The van der Waals surface area contributed by atoms with Gasteiger partial charge in [0, 0.05) is 11.5 Å². The van der Waals surface area contributed by atoms with Crippen LogP contribution in [0, 0.1) is 6.42 Å². The molecular weight excluding hydrogens is 114 g/mol. The lowest BCUT2D eigenvalue weighted by Crippen LogP contribution is -1.79. The first-order valence-corrected chi connectivity index (χ1v) is 3.24. The van der Waals surface area contributed by atoms with Gasteiger partial charge in [0.25, 0.3) is 0 Å². The molecule has 0 rings (SSSR count). The van der Waals surface area contributed by atoms with E-state index in [-0.39, 0.29) is 0 Å². The summed E-state index contributed by atoms with van der Waals surface area (Å²) in [4.78, 5) is 2.64. The molecule has 0 atom stereocenters. The van der Waals surface area contributed by atoms with Gasteiger partial charge in [-0.15, -0.1) is 0 Å². The van der Waals surface area contributed by atoms with Gasteiger partial charge in [0.2, 0.25) is 0 Å². The Morgan fingerprint density at radius 3 is 3.00 bits per heavy atom. The monoisotopic (exact) mass is 126 g/mol. The summed E-state index contributed by atoms with van der Waals surface area (Å²) in [5, 5.41) is 3.40. The Morgan fingerprint density at radius 1 is 1.67 bits per heavy atom. The maximum absolute atomic E-state index is 7.87. The zero-order chi connectivity index (χ0) is 6.95. The van der Waals surface area contributed by atoms with Gasteiger partial charge in [-0.05, 0) is 18.4 Å². The molecule has 0 unspecified atom stereocenters. The average Bonchev–Trinajstić information content (AvgIpc) is 1.89. The molecule has 0 spiro atoms. The molecule has 0 heterocycles. The van der Waals surface area contributed by atoms with Crippen molar-refractivity contribution in [3.8, 4) is 0 Å². The lowest BCUT2D eigenvalue weighted by molar-refractivity contribution is 0.788. The van der Waals surface area contributed by atoms with Crippen LogP contribution in [-0.2, 0) is 0 Å². The van der Waals surface area contributed by atoms with Crippen LogP contribution in [0.4, 0.5) is 0 Å². The van der Waals surface area contributed by atoms with E-state index in [4.69, 9.17) is 5.53 Å². The molecule has 0 saturated carbocycles. The average molecular weight is 126 g/mol. The van der Waals surface area contributed by atoms with E-state index in [2.05, 4.69) is 23.4 Å². The predicted molar refractivity (Wildman–Crippen MR) is 37.8 cm³/mol. The number of rotatable bonds is 5. The van der Waals surface area contributed by atoms with Crippen LogP contribution in [0.1, 0.15) is 26.2 Å². The standard InChI is InChI=1S/C6H12N3/c1-2-3-4-5-6-8-9-7/h3H,2,4-6H2,1H3. The van der Waals surface area contributed by atoms with Crippen molar-refractivity contribution >= 4 is 0 Å². The predicted octanol–water partition coefficient (Wildman–Crippen LogP) is 2.69. The smallest absolute Gasteiger partial charge is 0.0258 e. The molecule has 0 fully saturated rings. The third-order valence-electron chi connectivity index (χ3n) is 1.02. The van der Waals surface area contributed by atoms with Crippen molar-refractivity contribution in [2.24, 2.45) is 5.11 Å². The fraction of sp³-hybridized carbons (Fsp3) is 0.833. The summed E-state index contributed by atoms with van der Waals surface area (Å²) < 4.78 is 0. The van der Waals surface area contributed by atoms with Gasteiger partial charge in [-0.1, -0.05) is 24.9 Å². The SMILES string of the molecule is CC[CH]CCCN=[N+]=[N-]. The summed E-state index contributed by atoms with van der Waals surface area (Å²) >= 11 is 0. The van der Waals surface area contributed by atoms with E-state index in [1.807, 2.05) is 0 Å². The van der Waals surface area contributed by atoms with Crippen LogP contribution in [-0.4, -0.2) is 6.54 Å². The Kier molecular flexibility index (Phi) is 6.75. The molecule has 0 aromatic heterocycles. The van der Waals surface area contributed by atoms with Gasteiger partial charge >= 0.3 is 0 Å². The first kappa shape index (κ1) is 8.31. The van der Waals surface area contributed by atoms with Crippen molar-refractivity contribution in [1.29, 1.82) is 0 Å². The van der Waals surface area contributed by atoms with Gasteiger partial charge in [0.05, 0.1) is 0 Å². The number of hydrogen-bond acceptors (Lipinski definition) is 1. The molecule has 9 heavy (non-hydrogen) atoms. The van der Waals surface area contributed by atoms with Gasteiger partial charge in [0.15, 0.2) is 0 Å². The number of nitrogens with zero attached hydrogens (tertiary/aromatic N) is 3. The van der Waals surface area contributed by atoms with Gasteiger partial charge in [-0.3, -0.25) is 0 Å². The van der Waals surface area contributed by atoms with Crippen LogP contribution in [0.25, 0.3) is 10.4 Å². The zero-order valence-corrected chi connectivity index (χ0v) is 5.75. The van der Waals surface area contributed by atoms with Crippen molar-refractivity contribution in [1.82, 2.24) is 0 Å². The summed E-state index contributed by atoms with van der Waals surface area (Å²) in [5.74, 6) is 0. The minimum Gasteiger partial charge on any atom is -0.0940 e. The lowest BCUT2D eigenvalue weighted by Gasteiger charge is -1.90. The van der Waals surface area contributed by atoms with E-state index in [9.17, 15) is 0 Å². The number of hydrogen-bond donors (Lipinski definition) is 0. The molecule has 1 radical (unpaired) electrons. The van der Waals surface area contributed by atoms with Gasteiger partial charge in [0.1, 0.15) is 0 Å². The minimum absolute atomic E-state index is 0.632. The first-order valence-electron chi connectivity index (χ1n) is 3.24. The van der Waals surface area contributed by atoms with E-state index >= 15 is 0 Å². The molecule has 0 aromatic rings. The number of unbranched alkanes of at least 4 members (excludes halogenated alkanes) is 3. The molecular formula is C6H12N3. The van der Waals surface area contributed by atoms with Crippen molar-refractivity contribution in [3.63, 3.8) is 0 Å². The maximum Gasteiger partial charge on any atom is 0.0258 e. The molecule has 0 aliphatic carbocycles. The summed E-state index contributed by atoms with van der Waals surface area (Å²) in [7, 11) is 0. The molecule has 0 amide bonds. The second-order valence-electron chi connectivity index (χ2n) is 1.79. The zero-order valence-electron chi connectivity index (χ0n) is 5.75. The quantitative estimate of drug-likeness (QED) is 0.235. The van der Waals surface area contributed by atoms with Gasteiger partial charge < -0.3 is 0 Å². The fourth-order valence-electron chi connectivity index (χ4n) is 0.555. The summed E-state index contributed by atoms with van der Waals surface area (Å²) in [6.07, 6.45) is 5.34. The molecule has 0 saturated heterocycles. The van der Waals surface area contributed by atoms with E-state index in [1.54, 1.807) is 0 Å². The molecule has 0 bridgehead atoms. The Morgan fingerprint density at radius 2 is 2.44 bits per heavy atom. The van der Waals surface area contributed by atoms with Crippen LogP contribution in [0.5, 0.6) is 0 Å². The highest BCUT2D eigenvalue weighted by Crippen LogP contribution is 1.96. The third-order valence-corrected chi connectivity index (χ3v) is 1.02. The van der Waals surface area contributed by atoms with Crippen molar-refractivity contribution in [2.45, 2.75) is 26.2 Å². The van der Waals surface area contributed by atoms with Crippen LogP contribution >= 0.6 is 0 Å². The molecule has 0 aliphatic heterocycles. The largest absolute Gasteiger partial charge is 0.0940 e. The van der Waals surface area contributed by atoms with Crippen molar-refractivity contribution in [2.75, 3.05) is 6.54 Å². The lowest BCUT2D eigenvalue weighted by atomic mass is 10.2. The van der Waals surface area contributed by atoms with Crippen LogP contribution in [0.15, 0.2) is 5.11 Å². The Balaban J connectivity index is 2.82. The second kappa shape index (κ2) is 7.31. The van der Waals surface area contributed by atoms with E-state index in [1.165, 1.54) is 0 Å². The molecule has 0 N–H and O–H groups in total. The molecule has 3 nitrogen and oxygen atoms in total. The topological polar surface area (TPSA) is 48.8 Å². The van der Waals surface area contributed by atoms with Crippen LogP contribution in [0.2, 0.25) is 0 Å². The van der Waals surface area contributed by atoms with E-state index < -0.39 is 0 Å². The van der Waals surface area contributed by atoms with E-state index in [0.717, 1.165) is 19.3 Å². The molecule has 0 aliphatic rings. The fourth-order valence-corrected chi connectivity index (χ4v) is 0.555. The highest BCUT2D eigenvalue weighted by molar-refractivity contribution is 4.61. The van der Waals surface area contributed by atoms with Crippen LogP contribution < -0.4 is 0 Å². The normalized spacial score (nSPS) is 8.56. The molecule has 3 heteroatoms. The molecule has 51 valence electrons. The van der Waals surface area contributed by atoms with Crippen molar-refractivity contribution < 1.29 is 0 Å². The van der Waals surface area contributed by atoms with Gasteiger partial charge in [-0.25, -0.2) is 0 Å². The summed E-state index contributed by atoms with van der Waals surface area (Å²) in [6, 6.07) is 0. The Bertz CT molecular complexity index is 94.5. The maximum atomic E-state index is 7.87. The first-order chi connectivity index (χ1) is 4.41. The van der Waals surface area contributed by atoms with Crippen molar-refractivity contribution in [3.05, 3.63) is 16.9 Å². The van der Waals surface area contributed by atoms with E-state index in [0.29, 0.717) is 6.54 Å². The van der Waals surface area contributed by atoms with Crippen LogP contribution in [0.3, 0.4) is 0 Å². The highest BCUT2D eigenvalue weighted by atomic mass is 15.1. The minimum atomic E-state index is 0.632. The van der Waals surface area contributed by atoms with Gasteiger partial charge in [-0.2, -0.15) is 0 Å². The Labute approximate surface area is 55.7 Å². The highest BCUT2D eigenvalue weighted by Gasteiger charge is 1.83. The number of azide groups is 1. The second-order valence-corrected chi connectivity index (χ2v) is 1.79. The Hall–Kier alpha value is -0.690. The summed E-state index contributed by atoms with van der Waals surface area (Å²) in [6.45, 7) is 2.74.